The molecule has 0 fully saturated rings. The van der Waals surface area contributed by atoms with Crippen molar-refractivity contribution in [2.45, 2.75) is 13.8 Å². The van der Waals surface area contributed by atoms with Crippen molar-refractivity contribution in [1.29, 1.82) is 0 Å². The Morgan fingerprint density at radius 2 is 1.55 bits per heavy atom. The molecule has 4 heteroatoms. The first-order valence-electron chi connectivity index (χ1n) is 6.24. The maximum atomic E-state index is 12.4. The van der Waals surface area contributed by atoms with Crippen LogP contribution in [0.5, 0.6) is 0 Å². The number of amides is 2. The number of benzene rings is 2. The normalized spacial score (nSPS) is 13.8. The van der Waals surface area contributed by atoms with Crippen LogP contribution in [0.15, 0.2) is 36.4 Å². The monoisotopic (exact) mass is 285 g/mol. The lowest BCUT2D eigenvalue weighted by molar-refractivity contribution is 0.0926. The van der Waals surface area contributed by atoms with E-state index in [1.54, 1.807) is 18.2 Å². The van der Waals surface area contributed by atoms with Gasteiger partial charge in [-0.25, -0.2) is 4.90 Å². The average molecular weight is 286 g/mol. The van der Waals surface area contributed by atoms with Gasteiger partial charge in [0.2, 0.25) is 0 Å². The third-order valence-electron chi connectivity index (χ3n) is 3.60. The number of hydrogen-bond donors (Lipinski definition) is 0. The number of fused-ring (bicyclic) bond motifs is 1. The second-order valence-corrected chi connectivity index (χ2v) is 5.34. The molecule has 2 aromatic carbocycles. The predicted molar refractivity (Wildman–Crippen MR) is 78.5 cm³/mol. The van der Waals surface area contributed by atoms with Crippen molar-refractivity contribution in [2.75, 3.05) is 4.90 Å². The van der Waals surface area contributed by atoms with Crippen LogP contribution in [0, 0.1) is 13.8 Å². The Morgan fingerprint density at radius 3 is 2.25 bits per heavy atom. The fourth-order valence-corrected chi connectivity index (χ4v) is 2.48. The zero-order valence-corrected chi connectivity index (χ0v) is 11.9. The minimum atomic E-state index is -0.323. The van der Waals surface area contributed by atoms with Gasteiger partial charge >= 0.3 is 0 Å². The summed E-state index contributed by atoms with van der Waals surface area (Å²) >= 11 is 5.89. The number of rotatable bonds is 1. The summed E-state index contributed by atoms with van der Waals surface area (Å²) in [7, 11) is 0. The summed E-state index contributed by atoms with van der Waals surface area (Å²) in [6, 6.07) is 10.3. The van der Waals surface area contributed by atoms with Crippen molar-refractivity contribution in [2.24, 2.45) is 0 Å². The van der Waals surface area contributed by atoms with E-state index in [0.717, 1.165) is 11.1 Å². The van der Waals surface area contributed by atoms with Gasteiger partial charge in [0.05, 0.1) is 16.8 Å². The molecule has 0 spiro atoms. The van der Waals surface area contributed by atoms with Crippen molar-refractivity contribution in [3.63, 3.8) is 0 Å². The molecule has 0 radical (unpaired) electrons. The largest absolute Gasteiger partial charge is 0.268 e. The number of carbonyl (C=O) groups is 2. The van der Waals surface area contributed by atoms with E-state index in [9.17, 15) is 9.59 Å². The van der Waals surface area contributed by atoms with Crippen molar-refractivity contribution in [3.8, 4) is 0 Å². The highest BCUT2D eigenvalue weighted by atomic mass is 35.5. The van der Waals surface area contributed by atoms with Crippen LogP contribution in [0.2, 0.25) is 5.02 Å². The number of nitrogens with zero attached hydrogens (tertiary/aromatic N) is 1. The van der Waals surface area contributed by atoms with Gasteiger partial charge < -0.3 is 0 Å². The minimum absolute atomic E-state index is 0.301. The Hall–Kier alpha value is -2.13. The standard InChI is InChI=1S/C16H12ClNO2/c1-9-3-5-12(7-10(9)2)18-15(19)13-6-4-11(17)8-14(13)16(18)20/h3-8H,1-2H3. The molecule has 0 saturated carbocycles. The lowest BCUT2D eigenvalue weighted by atomic mass is 10.1. The van der Waals surface area contributed by atoms with Gasteiger partial charge in [-0.15, -0.1) is 0 Å². The summed E-state index contributed by atoms with van der Waals surface area (Å²) in [6.07, 6.45) is 0. The lowest BCUT2D eigenvalue weighted by Gasteiger charge is -2.15. The van der Waals surface area contributed by atoms with Gasteiger partial charge in [0.25, 0.3) is 11.8 Å². The fraction of sp³-hybridized carbons (Fsp3) is 0.125. The average Bonchev–Trinajstić information content (AvgIpc) is 2.65. The van der Waals surface area contributed by atoms with Gasteiger partial charge in [0.15, 0.2) is 0 Å². The number of hydrogen-bond acceptors (Lipinski definition) is 2. The van der Waals surface area contributed by atoms with Gasteiger partial charge in [-0.2, -0.15) is 0 Å². The molecular formula is C16H12ClNO2. The van der Waals surface area contributed by atoms with Gasteiger partial charge in [-0.3, -0.25) is 9.59 Å². The summed E-state index contributed by atoms with van der Waals surface area (Å²) in [5.74, 6) is -0.624. The van der Waals surface area contributed by atoms with Gasteiger partial charge in [0, 0.05) is 5.02 Å². The number of anilines is 1. The van der Waals surface area contributed by atoms with Gasteiger partial charge in [-0.1, -0.05) is 17.7 Å². The third kappa shape index (κ3) is 1.82. The number of aryl methyl sites for hydroxylation is 2. The van der Waals surface area contributed by atoms with Crippen LogP contribution in [-0.2, 0) is 0 Å². The van der Waals surface area contributed by atoms with Crippen LogP contribution in [0.4, 0.5) is 5.69 Å². The highest BCUT2D eigenvalue weighted by Crippen LogP contribution is 2.30. The molecule has 0 aromatic heterocycles. The maximum Gasteiger partial charge on any atom is 0.266 e. The van der Waals surface area contributed by atoms with Crippen molar-refractivity contribution < 1.29 is 9.59 Å². The second-order valence-electron chi connectivity index (χ2n) is 4.90. The highest BCUT2D eigenvalue weighted by molar-refractivity contribution is 6.36. The molecule has 2 amide bonds. The summed E-state index contributed by atoms with van der Waals surface area (Å²) in [5.41, 5.74) is 3.51. The van der Waals surface area contributed by atoms with E-state index in [1.165, 1.54) is 11.0 Å². The summed E-state index contributed by atoms with van der Waals surface area (Å²) < 4.78 is 0. The van der Waals surface area contributed by atoms with E-state index in [4.69, 9.17) is 11.6 Å². The fourth-order valence-electron chi connectivity index (χ4n) is 2.31. The first-order valence-corrected chi connectivity index (χ1v) is 6.62. The summed E-state index contributed by atoms with van der Waals surface area (Å²) in [5, 5.41) is 0.451. The number of carbonyl (C=O) groups excluding carboxylic acids is 2. The molecule has 3 nitrogen and oxygen atoms in total. The van der Waals surface area contributed by atoms with Crippen LogP contribution < -0.4 is 4.90 Å². The topological polar surface area (TPSA) is 37.4 Å². The Labute approximate surface area is 121 Å². The molecule has 0 unspecified atom stereocenters. The van der Waals surface area contributed by atoms with Crippen LogP contribution >= 0.6 is 11.6 Å². The molecule has 0 aliphatic carbocycles. The third-order valence-corrected chi connectivity index (χ3v) is 3.83. The zero-order chi connectivity index (χ0) is 14.4. The van der Waals surface area contributed by atoms with Gasteiger partial charge in [-0.05, 0) is 55.3 Å². The molecule has 20 heavy (non-hydrogen) atoms. The van der Waals surface area contributed by atoms with Crippen LogP contribution in [0.1, 0.15) is 31.8 Å². The van der Waals surface area contributed by atoms with E-state index < -0.39 is 0 Å². The Morgan fingerprint density at radius 1 is 0.850 bits per heavy atom. The highest BCUT2D eigenvalue weighted by Gasteiger charge is 2.36. The van der Waals surface area contributed by atoms with Crippen LogP contribution in [0.3, 0.4) is 0 Å². The van der Waals surface area contributed by atoms with E-state index in [-0.39, 0.29) is 11.8 Å². The van der Waals surface area contributed by atoms with Crippen LogP contribution in [-0.4, -0.2) is 11.8 Å². The van der Waals surface area contributed by atoms with E-state index >= 15 is 0 Å². The molecule has 1 aliphatic rings. The molecule has 100 valence electrons. The molecule has 1 heterocycles. The van der Waals surface area contributed by atoms with E-state index in [1.807, 2.05) is 26.0 Å². The zero-order valence-electron chi connectivity index (χ0n) is 11.1. The predicted octanol–water partition coefficient (Wildman–Crippen LogP) is 3.76. The summed E-state index contributed by atoms with van der Waals surface area (Å²) in [6.45, 7) is 3.94. The quantitative estimate of drug-likeness (QED) is 0.748. The Kier molecular flexibility index (Phi) is 2.87. The molecule has 0 N–H and O–H groups in total. The van der Waals surface area contributed by atoms with Gasteiger partial charge in [0.1, 0.15) is 0 Å². The first-order chi connectivity index (χ1) is 9.49. The van der Waals surface area contributed by atoms with Crippen molar-refractivity contribution >= 4 is 29.1 Å². The first kappa shape index (κ1) is 12.9. The van der Waals surface area contributed by atoms with Crippen LogP contribution in [0.25, 0.3) is 0 Å². The molecule has 0 atom stereocenters. The molecular weight excluding hydrogens is 274 g/mol. The van der Waals surface area contributed by atoms with E-state index in [0.29, 0.717) is 21.8 Å². The Balaban J connectivity index is 2.11. The number of imide groups is 1. The Bertz CT molecular complexity index is 752. The molecule has 2 aromatic rings. The lowest BCUT2D eigenvalue weighted by Crippen LogP contribution is -2.29. The number of halogens is 1. The van der Waals surface area contributed by atoms with Crippen molar-refractivity contribution in [1.82, 2.24) is 0 Å². The minimum Gasteiger partial charge on any atom is -0.268 e. The smallest absolute Gasteiger partial charge is 0.266 e. The second kappa shape index (κ2) is 4.46. The summed E-state index contributed by atoms with van der Waals surface area (Å²) in [4.78, 5) is 26.0. The maximum absolute atomic E-state index is 12.4. The molecule has 1 aliphatic heterocycles. The molecule has 0 saturated heterocycles. The molecule has 3 rings (SSSR count). The molecule has 0 bridgehead atoms. The van der Waals surface area contributed by atoms with E-state index in [2.05, 4.69) is 0 Å². The SMILES string of the molecule is Cc1ccc(N2C(=O)c3ccc(Cl)cc3C2=O)cc1C. The van der Waals surface area contributed by atoms with Crippen molar-refractivity contribution in [3.05, 3.63) is 63.7 Å².